The van der Waals surface area contributed by atoms with Gasteiger partial charge in [0.1, 0.15) is 6.07 Å². The van der Waals surface area contributed by atoms with Crippen molar-refractivity contribution in [2.24, 2.45) is 10.2 Å². The third-order valence-corrected chi connectivity index (χ3v) is 3.49. The standard InChI is InChI=1S/C18H14N4O3/c1-24-16-10-12(6-7-15(16)25-9-8-19)11-20-22-17-13-4-2-3-5-14(13)21-18(17)23/h2-7,10-11H,9H2,1H3,(H,21,22,23). The first-order valence-electron chi connectivity index (χ1n) is 7.42. The van der Waals surface area contributed by atoms with Gasteiger partial charge in [-0.25, -0.2) is 0 Å². The number of nitriles is 1. The van der Waals surface area contributed by atoms with E-state index in [4.69, 9.17) is 14.7 Å². The van der Waals surface area contributed by atoms with Gasteiger partial charge in [0.25, 0.3) is 5.91 Å². The number of methoxy groups -OCH3 is 1. The molecule has 0 saturated heterocycles. The molecule has 25 heavy (non-hydrogen) atoms. The summed E-state index contributed by atoms with van der Waals surface area (Å²) in [4.78, 5) is 11.9. The number of nitrogens with one attached hydrogen (secondary N) is 1. The summed E-state index contributed by atoms with van der Waals surface area (Å²) in [5.41, 5.74) is 2.44. The van der Waals surface area contributed by atoms with Gasteiger partial charge in [0.2, 0.25) is 0 Å². The van der Waals surface area contributed by atoms with Gasteiger partial charge in [-0.1, -0.05) is 18.2 Å². The van der Waals surface area contributed by atoms with Crippen molar-refractivity contribution in [3.63, 3.8) is 0 Å². The molecule has 7 nitrogen and oxygen atoms in total. The molecule has 124 valence electrons. The van der Waals surface area contributed by atoms with E-state index in [1.54, 1.807) is 18.2 Å². The minimum Gasteiger partial charge on any atom is -0.493 e. The molecule has 1 aliphatic heterocycles. The lowest BCUT2D eigenvalue weighted by molar-refractivity contribution is -0.110. The Balaban J connectivity index is 1.81. The van der Waals surface area contributed by atoms with Crippen molar-refractivity contribution in [3.05, 3.63) is 53.6 Å². The van der Waals surface area contributed by atoms with E-state index in [0.717, 1.165) is 16.8 Å². The number of hydrogen-bond acceptors (Lipinski definition) is 6. The Morgan fingerprint density at radius 1 is 1.24 bits per heavy atom. The van der Waals surface area contributed by atoms with Crippen LogP contribution in [0.3, 0.4) is 0 Å². The third kappa shape index (κ3) is 3.48. The van der Waals surface area contributed by atoms with Crippen LogP contribution in [0.5, 0.6) is 11.5 Å². The van der Waals surface area contributed by atoms with Gasteiger partial charge in [0.05, 0.1) is 19.0 Å². The lowest BCUT2D eigenvalue weighted by Gasteiger charge is -2.08. The summed E-state index contributed by atoms with van der Waals surface area (Å²) in [7, 11) is 1.51. The average Bonchev–Trinajstić information content (AvgIpc) is 2.96. The number of carbonyl (C=O) groups excluding carboxylic acids is 1. The first-order chi connectivity index (χ1) is 12.2. The van der Waals surface area contributed by atoms with E-state index < -0.39 is 0 Å². The van der Waals surface area contributed by atoms with Crippen LogP contribution in [0, 0.1) is 11.3 Å². The van der Waals surface area contributed by atoms with Gasteiger partial charge in [-0.3, -0.25) is 4.79 Å². The summed E-state index contributed by atoms with van der Waals surface area (Å²) in [6.45, 7) is -0.0635. The van der Waals surface area contributed by atoms with E-state index in [1.165, 1.54) is 13.3 Å². The zero-order chi connectivity index (χ0) is 17.6. The number of nitrogens with zero attached hydrogens (tertiary/aromatic N) is 3. The maximum absolute atomic E-state index is 11.9. The molecule has 0 bridgehead atoms. The van der Waals surface area contributed by atoms with Crippen LogP contribution in [-0.4, -0.2) is 31.6 Å². The van der Waals surface area contributed by atoms with Crippen LogP contribution in [0.1, 0.15) is 11.1 Å². The number of benzene rings is 2. The third-order valence-electron chi connectivity index (χ3n) is 3.49. The molecular formula is C18H14N4O3. The molecule has 0 saturated carbocycles. The lowest BCUT2D eigenvalue weighted by atomic mass is 10.1. The van der Waals surface area contributed by atoms with Crippen LogP contribution < -0.4 is 14.8 Å². The van der Waals surface area contributed by atoms with Gasteiger partial charge in [-0.2, -0.15) is 10.4 Å². The second-order valence-electron chi connectivity index (χ2n) is 5.05. The Labute approximate surface area is 144 Å². The molecule has 7 heteroatoms. The molecule has 0 spiro atoms. The monoisotopic (exact) mass is 334 g/mol. The number of carbonyl (C=O) groups is 1. The van der Waals surface area contributed by atoms with Gasteiger partial charge in [0.15, 0.2) is 23.8 Å². The fourth-order valence-electron chi connectivity index (χ4n) is 2.35. The summed E-state index contributed by atoms with van der Waals surface area (Å²) in [6, 6.07) is 14.3. The van der Waals surface area contributed by atoms with Crippen molar-refractivity contribution in [2.45, 2.75) is 0 Å². The zero-order valence-corrected chi connectivity index (χ0v) is 13.4. The SMILES string of the molecule is COc1cc(C=N/N=C2\C(=O)Nc3ccccc32)ccc1OCC#N. The Morgan fingerprint density at radius 3 is 2.88 bits per heavy atom. The molecular weight excluding hydrogens is 320 g/mol. The minimum absolute atomic E-state index is 0.0635. The van der Waals surface area contributed by atoms with Gasteiger partial charge in [-0.15, -0.1) is 5.10 Å². The molecule has 3 rings (SSSR count). The number of fused-ring (bicyclic) bond motifs is 1. The highest BCUT2D eigenvalue weighted by molar-refractivity contribution is 6.53. The number of amides is 1. The van der Waals surface area contributed by atoms with Crippen LogP contribution in [0.2, 0.25) is 0 Å². The summed E-state index contributed by atoms with van der Waals surface area (Å²) in [6.07, 6.45) is 1.51. The molecule has 0 fully saturated rings. The van der Waals surface area contributed by atoms with Crippen molar-refractivity contribution in [2.75, 3.05) is 19.0 Å². The average molecular weight is 334 g/mol. The van der Waals surface area contributed by atoms with Crippen LogP contribution >= 0.6 is 0 Å². The van der Waals surface area contributed by atoms with Gasteiger partial charge < -0.3 is 14.8 Å². The summed E-state index contributed by atoms with van der Waals surface area (Å²) in [5, 5.41) is 19.3. The summed E-state index contributed by atoms with van der Waals surface area (Å²) < 4.78 is 10.5. The molecule has 2 aromatic rings. The lowest BCUT2D eigenvalue weighted by Crippen LogP contribution is -2.13. The second kappa shape index (κ2) is 7.27. The molecule has 0 radical (unpaired) electrons. The molecule has 0 aliphatic carbocycles. The Bertz CT molecular complexity index is 913. The van der Waals surface area contributed by atoms with E-state index in [9.17, 15) is 4.79 Å². The van der Waals surface area contributed by atoms with E-state index in [1.807, 2.05) is 30.3 Å². The van der Waals surface area contributed by atoms with Gasteiger partial charge >= 0.3 is 0 Å². The molecule has 0 aromatic heterocycles. The number of ether oxygens (including phenoxy) is 2. The quantitative estimate of drug-likeness (QED) is 0.670. The van der Waals surface area contributed by atoms with Crippen molar-refractivity contribution in [3.8, 4) is 17.6 Å². The number of anilines is 1. The van der Waals surface area contributed by atoms with Crippen LogP contribution in [0.15, 0.2) is 52.7 Å². The molecule has 1 amide bonds. The fourth-order valence-corrected chi connectivity index (χ4v) is 2.35. The predicted molar refractivity (Wildman–Crippen MR) is 93.3 cm³/mol. The second-order valence-corrected chi connectivity index (χ2v) is 5.05. The number of rotatable bonds is 5. The van der Waals surface area contributed by atoms with E-state index in [2.05, 4.69) is 15.5 Å². The molecule has 1 N–H and O–H groups in total. The number of hydrogen-bond donors (Lipinski definition) is 1. The highest BCUT2D eigenvalue weighted by atomic mass is 16.5. The smallest absolute Gasteiger partial charge is 0.276 e. The van der Waals surface area contributed by atoms with Crippen molar-refractivity contribution >= 4 is 23.5 Å². The normalized spacial score (nSPS) is 14.2. The Kier molecular flexibility index (Phi) is 4.72. The summed E-state index contributed by atoms with van der Waals surface area (Å²) in [5.74, 6) is 0.670. The minimum atomic E-state index is -0.281. The molecule has 1 heterocycles. The first kappa shape index (κ1) is 16.2. The largest absolute Gasteiger partial charge is 0.493 e. The van der Waals surface area contributed by atoms with E-state index in [0.29, 0.717) is 11.5 Å². The highest BCUT2D eigenvalue weighted by Crippen LogP contribution is 2.27. The first-order valence-corrected chi connectivity index (χ1v) is 7.42. The van der Waals surface area contributed by atoms with Crippen LogP contribution in [-0.2, 0) is 4.79 Å². The number of para-hydroxylation sites is 1. The molecule has 0 unspecified atom stereocenters. The Hall–Kier alpha value is -3.66. The van der Waals surface area contributed by atoms with E-state index >= 15 is 0 Å². The predicted octanol–water partition coefficient (Wildman–Crippen LogP) is 2.37. The van der Waals surface area contributed by atoms with E-state index in [-0.39, 0.29) is 18.2 Å². The van der Waals surface area contributed by atoms with Crippen molar-refractivity contribution in [1.82, 2.24) is 0 Å². The topological polar surface area (TPSA) is 96.1 Å². The van der Waals surface area contributed by atoms with Gasteiger partial charge in [-0.05, 0) is 29.8 Å². The maximum Gasteiger partial charge on any atom is 0.276 e. The molecule has 2 aromatic carbocycles. The maximum atomic E-state index is 11.9. The highest BCUT2D eigenvalue weighted by Gasteiger charge is 2.25. The van der Waals surface area contributed by atoms with Crippen LogP contribution in [0.4, 0.5) is 5.69 Å². The Morgan fingerprint density at radius 2 is 2.08 bits per heavy atom. The van der Waals surface area contributed by atoms with Crippen LogP contribution in [0.25, 0.3) is 0 Å². The van der Waals surface area contributed by atoms with Gasteiger partial charge in [0, 0.05) is 5.56 Å². The molecule has 0 atom stereocenters. The van der Waals surface area contributed by atoms with Crippen molar-refractivity contribution < 1.29 is 14.3 Å². The van der Waals surface area contributed by atoms with Crippen molar-refractivity contribution in [1.29, 1.82) is 5.26 Å². The summed E-state index contributed by atoms with van der Waals surface area (Å²) >= 11 is 0. The fraction of sp³-hybridized carbons (Fsp3) is 0.111. The zero-order valence-electron chi connectivity index (χ0n) is 13.4. The molecule has 1 aliphatic rings.